The van der Waals surface area contributed by atoms with Crippen molar-refractivity contribution >= 4 is 6.21 Å². The van der Waals surface area contributed by atoms with E-state index in [9.17, 15) is 4.79 Å². The monoisotopic (exact) mass is 307 g/mol. The van der Waals surface area contributed by atoms with E-state index >= 15 is 0 Å². The van der Waals surface area contributed by atoms with Gasteiger partial charge in [-0.15, -0.1) is 0 Å². The van der Waals surface area contributed by atoms with Crippen LogP contribution in [-0.2, 0) is 11.4 Å². The molecule has 0 bridgehead atoms. The summed E-state index contributed by atoms with van der Waals surface area (Å²) in [5.41, 5.74) is 2.89. The van der Waals surface area contributed by atoms with Crippen LogP contribution in [0.25, 0.3) is 5.69 Å². The summed E-state index contributed by atoms with van der Waals surface area (Å²) in [7, 11) is 0. The summed E-state index contributed by atoms with van der Waals surface area (Å²) in [6.45, 7) is 2.20. The van der Waals surface area contributed by atoms with Crippen molar-refractivity contribution in [1.82, 2.24) is 9.78 Å². The molecule has 3 rings (SSSR count). The Labute approximate surface area is 133 Å². The largest absolute Gasteiger partial charge is 0.391 e. The molecule has 0 radical (unpaired) electrons. The van der Waals surface area contributed by atoms with Crippen LogP contribution in [0.4, 0.5) is 0 Å². The highest BCUT2D eigenvalue weighted by Gasteiger charge is 2.10. The van der Waals surface area contributed by atoms with Crippen molar-refractivity contribution in [2.75, 3.05) is 0 Å². The minimum absolute atomic E-state index is 0.152. The summed E-state index contributed by atoms with van der Waals surface area (Å²) in [4.78, 5) is 17.7. The van der Waals surface area contributed by atoms with Crippen LogP contribution in [0.2, 0.25) is 0 Å². The molecule has 3 aromatic rings. The third-order valence-corrected chi connectivity index (χ3v) is 3.46. The van der Waals surface area contributed by atoms with Crippen LogP contribution in [0, 0.1) is 6.92 Å². The van der Waals surface area contributed by atoms with E-state index in [-0.39, 0.29) is 5.56 Å². The van der Waals surface area contributed by atoms with Gasteiger partial charge in [-0.2, -0.15) is 0 Å². The van der Waals surface area contributed by atoms with Crippen molar-refractivity contribution in [1.29, 1.82) is 0 Å². The van der Waals surface area contributed by atoms with E-state index in [0.717, 1.165) is 16.9 Å². The number of aryl methyl sites for hydroxylation is 1. The fourth-order valence-corrected chi connectivity index (χ4v) is 2.25. The van der Waals surface area contributed by atoms with Crippen LogP contribution in [0.3, 0.4) is 0 Å². The van der Waals surface area contributed by atoms with E-state index in [2.05, 4.69) is 10.3 Å². The maximum atomic E-state index is 12.4. The number of hydrogen-bond donors (Lipinski definition) is 1. The lowest BCUT2D eigenvalue weighted by Gasteiger charge is -1.99. The maximum Gasteiger partial charge on any atom is 0.280 e. The molecule has 1 aromatic heterocycles. The van der Waals surface area contributed by atoms with Crippen molar-refractivity contribution in [2.45, 2.75) is 13.5 Å². The first kappa shape index (κ1) is 14.8. The van der Waals surface area contributed by atoms with E-state index in [0.29, 0.717) is 12.2 Å². The number of hydrogen-bond acceptors (Lipinski definition) is 3. The van der Waals surface area contributed by atoms with Gasteiger partial charge in [-0.1, -0.05) is 53.7 Å². The standard InChI is InChI=1S/C18H17N3O2/c1-14-17(12-19-23-13-15-8-4-2-5-9-15)18(22)21(20-14)16-10-6-3-7-11-16/h2-12,20H,13H2,1H3. The molecule has 5 nitrogen and oxygen atoms in total. The molecule has 1 N–H and O–H groups in total. The number of H-pyrrole nitrogens is 1. The van der Waals surface area contributed by atoms with Crippen molar-refractivity contribution in [2.24, 2.45) is 5.16 Å². The van der Waals surface area contributed by atoms with Crippen LogP contribution in [0.5, 0.6) is 0 Å². The van der Waals surface area contributed by atoms with Crippen LogP contribution in [-0.4, -0.2) is 16.0 Å². The third-order valence-electron chi connectivity index (χ3n) is 3.46. The second-order valence-corrected chi connectivity index (χ2v) is 5.12. The molecule has 0 aliphatic carbocycles. The Balaban J connectivity index is 1.75. The minimum Gasteiger partial charge on any atom is -0.391 e. The fourth-order valence-electron chi connectivity index (χ4n) is 2.25. The van der Waals surface area contributed by atoms with Gasteiger partial charge in [0.25, 0.3) is 5.56 Å². The van der Waals surface area contributed by atoms with Gasteiger partial charge in [-0.25, -0.2) is 4.68 Å². The third kappa shape index (κ3) is 3.40. The highest BCUT2D eigenvalue weighted by Crippen LogP contribution is 2.06. The number of aromatic nitrogens is 2. The molecule has 1 heterocycles. The molecule has 23 heavy (non-hydrogen) atoms. The molecule has 0 fully saturated rings. The van der Waals surface area contributed by atoms with Crippen LogP contribution >= 0.6 is 0 Å². The fraction of sp³-hybridized carbons (Fsp3) is 0.111. The van der Waals surface area contributed by atoms with Gasteiger partial charge in [0.2, 0.25) is 0 Å². The average molecular weight is 307 g/mol. The zero-order chi connectivity index (χ0) is 16.1. The predicted molar refractivity (Wildman–Crippen MR) is 90.0 cm³/mol. The first-order chi connectivity index (χ1) is 11.3. The molecule has 116 valence electrons. The van der Waals surface area contributed by atoms with Gasteiger partial charge in [-0.05, 0) is 24.6 Å². The molecule has 2 aromatic carbocycles. The van der Waals surface area contributed by atoms with Gasteiger partial charge in [0.05, 0.1) is 17.5 Å². The van der Waals surface area contributed by atoms with E-state index in [1.54, 1.807) is 0 Å². The highest BCUT2D eigenvalue weighted by atomic mass is 16.6. The van der Waals surface area contributed by atoms with Gasteiger partial charge in [0, 0.05) is 5.69 Å². The molecule has 0 unspecified atom stereocenters. The quantitative estimate of drug-likeness (QED) is 0.582. The maximum absolute atomic E-state index is 12.4. The lowest BCUT2D eigenvalue weighted by molar-refractivity contribution is 0.132. The number of nitrogens with zero attached hydrogens (tertiary/aromatic N) is 2. The number of oxime groups is 1. The summed E-state index contributed by atoms with van der Waals surface area (Å²) in [5.74, 6) is 0. The molecule has 0 atom stereocenters. The van der Waals surface area contributed by atoms with Crippen LogP contribution < -0.4 is 5.56 Å². The Morgan fingerprint density at radius 2 is 1.74 bits per heavy atom. The molecule has 0 aliphatic heterocycles. The SMILES string of the molecule is Cc1[nH]n(-c2ccccc2)c(=O)c1C=NOCc1ccccc1. The van der Waals surface area contributed by atoms with Crippen LogP contribution in [0.1, 0.15) is 16.8 Å². The number of nitrogens with one attached hydrogen (secondary N) is 1. The molecule has 0 saturated heterocycles. The number of rotatable bonds is 5. The van der Waals surface area contributed by atoms with E-state index in [4.69, 9.17) is 4.84 Å². The smallest absolute Gasteiger partial charge is 0.280 e. The number of para-hydroxylation sites is 1. The molecule has 0 aliphatic rings. The molecular weight excluding hydrogens is 290 g/mol. The van der Waals surface area contributed by atoms with E-state index < -0.39 is 0 Å². The summed E-state index contributed by atoms with van der Waals surface area (Å²) >= 11 is 0. The van der Waals surface area contributed by atoms with Gasteiger partial charge < -0.3 is 4.84 Å². The molecule has 0 saturated carbocycles. The topological polar surface area (TPSA) is 59.4 Å². The van der Waals surface area contributed by atoms with Crippen LogP contribution in [0.15, 0.2) is 70.6 Å². The lowest BCUT2D eigenvalue weighted by atomic mass is 10.2. The second-order valence-electron chi connectivity index (χ2n) is 5.12. The Bertz CT molecular complexity index is 849. The van der Waals surface area contributed by atoms with Gasteiger partial charge in [-0.3, -0.25) is 9.89 Å². The van der Waals surface area contributed by atoms with Crippen molar-refractivity contribution in [3.63, 3.8) is 0 Å². The first-order valence-corrected chi connectivity index (χ1v) is 7.32. The number of aromatic amines is 1. The molecule has 0 spiro atoms. The van der Waals surface area contributed by atoms with E-state index in [1.165, 1.54) is 10.9 Å². The summed E-state index contributed by atoms with van der Waals surface area (Å²) < 4.78 is 1.49. The summed E-state index contributed by atoms with van der Waals surface area (Å²) in [6, 6.07) is 19.1. The Kier molecular flexibility index (Phi) is 4.38. The van der Waals surface area contributed by atoms with Crippen molar-refractivity contribution in [3.05, 3.63) is 87.8 Å². The summed E-state index contributed by atoms with van der Waals surface area (Å²) in [5, 5.41) is 6.95. The average Bonchev–Trinajstić information content (AvgIpc) is 2.88. The molecular formula is C18H17N3O2. The van der Waals surface area contributed by atoms with Gasteiger partial charge >= 0.3 is 0 Å². The zero-order valence-corrected chi connectivity index (χ0v) is 12.8. The summed E-state index contributed by atoms with van der Waals surface area (Å²) in [6.07, 6.45) is 1.45. The van der Waals surface area contributed by atoms with Gasteiger partial charge in [0.15, 0.2) is 0 Å². The molecule has 5 heteroatoms. The minimum atomic E-state index is -0.152. The van der Waals surface area contributed by atoms with Crippen molar-refractivity contribution < 1.29 is 4.84 Å². The lowest BCUT2D eigenvalue weighted by Crippen LogP contribution is -2.17. The molecule has 0 amide bonds. The van der Waals surface area contributed by atoms with Crippen molar-refractivity contribution in [3.8, 4) is 5.69 Å². The predicted octanol–water partition coefficient (Wildman–Crippen LogP) is 3.02. The zero-order valence-electron chi connectivity index (χ0n) is 12.8. The normalized spacial score (nSPS) is 11.0. The first-order valence-electron chi connectivity index (χ1n) is 7.32. The number of benzene rings is 2. The Morgan fingerprint density at radius 3 is 2.43 bits per heavy atom. The Hall–Kier alpha value is -3.08. The van der Waals surface area contributed by atoms with E-state index in [1.807, 2.05) is 67.6 Å². The second kappa shape index (κ2) is 6.79. The highest BCUT2D eigenvalue weighted by molar-refractivity contribution is 5.80. The van der Waals surface area contributed by atoms with Gasteiger partial charge in [0.1, 0.15) is 6.61 Å². The Morgan fingerprint density at radius 1 is 1.09 bits per heavy atom.